The van der Waals surface area contributed by atoms with E-state index in [4.69, 9.17) is 0 Å². The van der Waals surface area contributed by atoms with Crippen LogP contribution in [-0.2, 0) is 6.42 Å². The summed E-state index contributed by atoms with van der Waals surface area (Å²) in [6.45, 7) is 11.3. The number of aliphatic imine (C=N–C) groups is 1. The second-order valence-electron chi connectivity index (χ2n) is 6.45. The first kappa shape index (κ1) is 19.9. The Morgan fingerprint density at radius 3 is 2.60 bits per heavy atom. The van der Waals surface area contributed by atoms with Crippen molar-refractivity contribution in [2.75, 3.05) is 64.8 Å². The molecule has 1 aromatic heterocycles. The predicted molar refractivity (Wildman–Crippen MR) is 107 cm³/mol. The third-order valence-corrected chi connectivity index (χ3v) is 5.32. The first-order valence-corrected chi connectivity index (χ1v) is 10.2. The third kappa shape index (κ3) is 6.11. The minimum Gasteiger partial charge on any atom is -0.355 e. The number of aryl methyl sites for hydroxylation is 1. The first-order chi connectivity index (χ1) is 12.2. The molecule has 25 heavy (non-hydrogen) atoms. The van der Waals surface area contributed by atoms with Gasteiger partial charge < -0.3 is 20.0 Å². The largest absolute Gasteiger partial charge is 0.355 e. The Hall–Kier alpha value is -1.41. The van der Waals surface area contributed by atoms with Crippen molar-refractivity contribution in [3.63, 3.8) is 0 Å². The normalized spacial score (nSPS) is 16.0. The number of piperazine rings is 1. The standard InChI is InChI=1S/C17H33N7S/c1-5-7-9-22(4)10-8-19-16(18-3)23-11-13-24(14-12-23)17-20-15(6-2)21-25-17/h5-14H2,1-4H3,(H,18,19). The highest BCUT2D eigenvalue weighted by Crippen LogP contribution is 2.19. The number of nitrogens with one attached hydrogen (secondary N) is 1. The number of hydrogen-bond donors (Lipinski definition) is 1. The van der Waals surface area contributed by atoms with Crippen LogP contribution in [0.5, 0.6) is 0 Å². The molecule has 0 saturated carbocycles. The zero-order valence-corrected chi connectivity index (χ0v) is 17.0. The topological polar surface area (TPSA) is 59.9 Å². The molecule has 2 rings (SSSR count). The van der Waals surface area contributed by atoms with Gasteiger partial charge in [-0.05, 0) is 20.0 Å². The van der Waals surface area contributed by atoms with Gasteiger partial charge in [0.25, 0.3) is 0 Å². The van der Waals surface area contributed by atoms with Crippen LogP contribution in [0.15, 0.2) is 4.99 Å². The molecule has 1 fully saturated rings. The Balaban J connectivity index is 1.74. The molecule has 8 heteroatoms. The SMILES string of the molecule is CCCCN(C)CCNC(=NC)N1CCN(c2nc(CC)ns2)CC1. The van der Waals surface area contributed by atoms with E-state index in [0.29, 0.717) is 0 Å². The molecule has 1 aromatic rings. The first-order valence-electron chi connectivity index (χ1n) is 9.39. The average Bonchev–Trinajstić information content (AvgIpc) is 3.13. The van der Waals surface area contributed by atoms with Gasteiger partial charge in [0.05, 0.1) is 0 Å². The van der Waals surface area contributed by atoms with Crippen LogP contribution in [0.3, 0.4) is 0 Å². The van der Waals surface area contributed by atoms with Crippen molar-refractivity contribution in [3.05, 3.63) is 5.82 Å². The molecule has 0 atom stereocenters. The maximum absolute atomic E-state index is 4.60. The van der Waals surface area contributed by atoms with E-state index in [0.717, 1.165) is 69.1 Å². The van der Waals surface area contributed by atoms with Crippen molar-refractivity contribution in [2.24, 2.45) is 4.99 Å². The molecular weight excluding hydrogens is 334 g/mol. The summed E-state index contributed by atoms with van der Waals surface area (Å²) in [5, 5.41) is 4.56. The van der Waals surface area contributed by atoms with Crippen LogP contribution < -0.4 is 10.2 Å². The summed E-state index contributed by atoms with van der Waals surface area (Å²) in [5.41, 5.74) is 0. The smallest absolute Gasteiger partial charge is 0.205 e. The van der Waals surface area contributed by atoms with Crippen molar-refractivity contribution in [3.8, 4) is 0 Å². The molecule has 1 N–H and O–H groups in total. The number of anilines is 1. The quantitative estimate of drug-likeness (QED) is 0.555. The highest BCUT2D eigenvalue weighted by molar-refractivity contribution is 7.09. The van der Waals surface area contributed by atoms with Crippen molar-refractivity contribution < 1.29 is 0 Å². The van der Waals surface area contributed by atoms with Gasteiger partial charge in [-0.15, -0.1) is 0 Å². The van der Waals surface area contributed by atoms with Gasteiger partial charge in [-0.2, -0.15) is 4.37 Å². The molecule has 1 saturated heterocycles. The van der Waals surface area contributed by atoms with Gasteiger partial charge in [-0.25, -0.2) is 4.98 Å². The summed E-state index contributed by atoms with van der Waals surface area (Å²) in [6.07, 6.45) is 3.41. The molecule has 0 radical (unpaired) electrons. The summed E-state index contributed by atoms with van der Waals surface area (Å²) in [5.74, 6) is 1.96. The van der Waals surface area contributed by atoms with E-state index >= 15 is 0 Å². The molecule has 0 aliphatic carbocycles. The molecular formula is C17H33N7S. The third-order valence-electron chi connectivity index (χ3n) is 4.51. The minimum atomic E-state index is 0.903. The van der Waals surface area contributed by atoms with Crippen LogP contribution in [0.2, 0.25) is 0 Å². The Kier molecular flexibility index (Phi) is 8.40. The van der Waals surface area contributed by atoms with Gasteiger partial charge >= 0.3 is 0 Å². The molecule has 0 amide bonds. The van der Waals surface area contributed by atoms with E-state index in [2.05, 4.69) is 55.3 Å². The van der Waals surface area contributed by atoms with Gasteiger partial charge in [0, 0.05) is 64.3 Å². The van der Waals surface area contributed by atoms with Crippen LogP contribution in [0.25, 0.3) is 0 Å². The number of unbranched alkanes of at least 4 members (excludes halogenated alkanes) is 1. The second-order valence-corrected chi connectivity index (χ2v) is 7.18. The van der Waals surface area contributed by atoms with Gasteiger partial charge in [0.2, 0.25) is 5.13 Å². The Bertz CT molecular complexity index is 523. The summed E-state index contributed by atoms with van der Waals surface area (Å²) >= 11 is 1.51. The lowest BCUT2D eigenvalue weighted by Gasteiger charge is -2.36. The van der Waals surface area contributed by atoms with Crippen molar-refractivity contribution >= 4 is 22.6 Å². The van der Waals surface area contributed by atoms with Crippen LogP contribution in [0.4, 0.5) is 5.13 Å². The van der Waals surface area contributed by atoms with Gasteiger partial charge in [0.1, 0.15) is 5.82 Å². The fourth-order valence-electron chi connectivity index (χ4n) is 2.86. The Morgan fingerprint density at radius 1 is 1.24 bits per heavy atom. The molecule has 0 bridgehead atoms. The maximum Gasteiger partial charge on any atom is 0.205 e. The highest BCUT2D eigenvalue weighted by Gasteiger charge is 2.21. The van der Waals surface area contributed by atoms with E-state index in [-0.39, 0.29) is 0 Å². The van der Waals surface area contributed by atoms with Crippen LogP contribution in [0.1, 0.15) is 32.5 Å². The Labute approximate surface area is 156 Å². The van der Waals surface area contributed by atoms with Crippen LogP contribution in [0, 0.1) is 0 Å². The fourth-order valence-corrected chi connectivity index (χ4v) is 3.66. The van der Waals surface area contributed by atoms with E-state index < -0.39 is 0 Å². The number of hydrogen-bond acceptors (Lipinski definition) is 6. The summed E-state index contributed by atoms with van der Waals surface area (Å²) in [4.78, 5) is 16.1. The van der Waals surface area contributed by atoms with E-state index in [1.54, 1.807) is 0 Å². The zero-order chi connectivity index (χ0) is 18.1. The molecule has 0 spiro atoms. The molecule has 1 aliphatic heterocycles. The zero-order valence-electron chi connectivity index (χ0n) is 16.2. The minimum absolute atomic E-state index is 0.903. The van der Waals surface area contributed by atoms with Crippen molar-refractivity contribution in [1.82, 2.24) is 24.5 Å². The lowest BCUT2D eigenvalue weighted by Crippen LogP contribution is -2.53. The van der Waals surface area contributed by atoms with E-state index in [1.165, 1.54) is 24.4 Å². The average molecular weight is 368 g/mol. The summed E-state index contributed by atoms with van der Waals surface area (Å²) < 4.78 is 4.39. The number of rotatable bonds is 8. The molecule has 2 heterocycles. The molecule has 142 valence electrons. The number of nitrogens with zero attached hydrogens (tertiary/aromatic N) is 6. The van der Waals surface area contributed by atoms with Gasteiger partial charge in [-0.1, -0.05) is 20.3 Å². The molecule has 1 aliphatic rings. The molecule has 7 nitrogen and oxygen atoms in total. The van der Waals surface area contributed by atoms with Gasteiger partial charge in [-0.3, -0.25) is 4.99 Å². The van der Waals surface area contributed by atoms with Crippen molar-refractivity contribution in [2.45, 2.75) is 33.1 Å². The number of likely N-dealkylation sites (N-methyl/N-ethyl adjacent to an activating group) is 1. The predicted octanol–water partition coefficient (Wildman–Crippen LogP) is 1.53. The number of guanidine groups is 1. The summed E-state index contributed by atoms with van der Waals surface area (Å²) in [7, 11) is 4.05. The highest BCUT2D eigenvalue weighted by atomic mass is 32.1. The van der Waals surface area contributed by atoms with Crippen LogP contribution in [-0.4, -0.2) is 85.0 Å². The molecule has 0 unspecified atom stereocenters. The maximum atomic E-state index is 4.60. The van der Waals surface area contributed by atoms with E-state index in [9.17, 15) is 0 Å². The monoisotopic (exact) mass is 367 g/mol. The van der Waals surface area contributed by atoms with Crippen molar-refractivity contribution in [1.29, 1.82) is 0 Å². The van der Waals surface area contributed by atoms with E-state index in [1.807, 2.05) is 7.05 Å². The summed E-state index contributed by atoms with van der Waals surface area (Å²) in [6, 6.07) is 0. The Morgan fingerprint density at radius 2 is 2.00 bits per heavy atom. The van der Waals surface area contributed by atoms with Gasteiger partial charge in [0.15, 0.2) is 5.96 Å². The lowest BCUT2D eigenvalue weighted by molar-refractivity contribution is 0.325. The lowest BCUT2D eigenvalue weighted by atomic mass is 10.3. The second kappa shape index (κ2) is 10.6. The number of aromatic nitrogens is 2. The van der Waals surface area contributed by atoms with Crippen LogP contribution >= 0.6 is 11.5 Å². The molecule has 0 aromatic carbocycles. The fraction of sp³-hybridized carbons (Fsp3) is 0.824.